The van der Waals surface area contributed by atoms with Gasteiger partial charge in [-0.15, -0.1) is 0 Å². The van der Waals surface area contributed by atoms with Crippen LogP contribution in [0.1, 0.15) is 6.92 Å². The molecule has 1 aromatic rings. The highest BCUT2D eigenvalue weighted by atomic mass is 16.6. The quantitative estimate of drug-likeness (QED) is 0.551. The second-order valence-electron chi connectivity index (χ2n) is 3.41. The summed E-state index contributed by atoms with van der Waals surface area (Å²) in [5.74, 6) is -0.617. The van der Waals surface area contributed by atoms with E-state index in [2.05, 4.69) is 5.10 Å². The van der Waals surface area contributed by atoms with Crippen LogP contribution in [0.5, 0.6) is 0 Å². The lowest BCUT2D eigenvalue weighted by Crippen LogP contribution is -2.37. The first-order chi connectivity index (χ1) is 7.61. The average molecular weight is 219 g/mol. The number of nitro groups is 1. The van der Waals surface area contributed by atoms with Gasteiger partial charge in [0.15, 0.2) is 0 Å². The third kappa shape index (κ3) is 1.54. The summed E-state index contributed by atoms with van der Waals surface area (Å²) in [6, 6.07) is 7.29. The molecule has 0 saturated carbocycles. The van der Waals surface area contributed by atoms with E-state index in [0.29, 0.717) is 5.69 Å². The molecule has 6 nitrogen and oxygen atoms in total. The number of amides is 1. The van der Waals surface area contributed by atoms with E-state index in [1.54, 1.807) is 30.3 Å². The molecule has 82 valence electrons. The summed E-state index contributed by atoms with van der Waals surface area (Å²) < 4.78 is 0. The van der Waals surface area contributed by atoms with Crippen LogP contribution in [0.2, 0.25) is 0 Å². The van der Waals surface area contributed by atoms with Gasteiger partial charge in [0.2, 0.25) is 0 Å². The van der Waals surface area contributed by atoms with Gasteiger partial charge in [-0.3, -0.25) is 14.9 Å². The smallest absolute Gasteiger partial charge is 0.264 e. The van der Waals surface area contributed by atoms with Crippen LogP contribution in [0.25, 0.3) is 0 Å². The zero-order valence-corrected chi connectivity index (χ0v) is 8.53. The molecule has 1 unspecified atom stereocenters. The number of hydrogen-bond acceptors (Lipinski definition) is 4. The molecule has 0 bridgehead atoms. The van der Waals surface area contributed by atoms with Gasteiger partial charge >= 0.3 is 11.9 Å². The molecule has 0 spiro atoms. The normalized spacial score (nSPS) is 19.8. The van der Waals surface area contributed by atoms with Crippen molar-refractivity contribution >= 4 is 17.3 Å². The summed E-state index contributed by atoms with van der Waals surface area (Å²) in [5, 5.41) is 15.6. The number of carbonyl (C=O) groups is 1. The molecule has 0 fully saturated rings. The van der Waals surface area contributed by atoms with Gasteiger partial charge in [0.1, 0.15) is 5.71 Å². The van der Waals surface area contributed by atoms with Crippen molar-refractivity contribution in [3.8, 4) is 0 Å². The molecular formula is C10H9N3O3. The fourth-order valence-corrected chi connectivity index (χ4v) is 1.55. The van der Waals surface area contributed by atoms with Gasteiger partial charge in [-0.1, -0.05) is 18.2 Å². The Morgan fingerprint density at radius 1 is 1.38 bits per heavy atom. The number of anilines is 1. The van der Waals surface area contributed by atoms with Crippen LogP contribution < -0.4 is 5.01 Å². The van der Waals surface area contributed by atoms with Crippen LogP contribution in [-0.4, -0.2) is 22.6 Å². The Morgan fingerprint density at radius 2 is 2.00 bits per heavy atom. The third-order valence-corrected chi connectivity index (χ3v) is 2.31. The van der Waals surface area contributed by atoms with Crippen LogP contribution in [0.15, 0.2) is 35.4 Å². The maximum atomic E-state index is 11.7. The Balaban J connectivity index is 2.35. The van der Waals surface area contributed by atoms with Gasteiger partial charge in [-0.25, -0.2) is 0 Å². The van der Waals surface area contributed by atoms with Gasteiger partial charge in [0.25, 0.3) is 0 Å². The maximum absolute atomic E-state index is 11.7. The van der Waals surface area contributed by atoms with E-state index in [4.69, 9.17) is 0 Å². The van der Waals surface area contributed by atoms with Gasteiger partial charge in [0, 0.05) is 4.92 Å². The first-order valence-electron chi connectivity index (χ1n) is 4.69. The molecule has 16 heavy (non-hydrogen) atoms. The van der Waals surface area contributed by atoms with Gasteiger partial charge in [-0.2, -0.15) is 10.1 Å². The van der Waals surface area contributed by atoms with Crippen LogP contribution in [0.3, 0.4) is 0 Å². The lowest BCUT2D eigenvalue weighted by atomic mass is 10.2. The summed E-state index contributed by atoms with van der Waals surface area (Å²) >= 11 is 0. The highest BCUT2D eigenvalue weighted by Crippen LogP contribution is 2.21. The Hall–Kier alpha value is -2.24. The minimum atomic E-state index is -1.35. The zero-order valence-electron chi connectivity index (χ0n) is 8.53. The van der Waals surface area contributed by atoms with Gasteiger partial charge in [0.05, 0.1) is 5.69 Å². The third-order valence-electron chi connectivity index (χ3n) is 2.31. The number of carbonyl (C=O) groups excluding carboxylic acids is 1. The molecule has 0 saturated heterocycles. The Labute approximate surface area is 91.3 Å². The van der Waals surface area contributed by atoms with E-state index in [1.165, 1.54) is 6.92 Å². The molecule has 1 aliphatic heterocycles. The van der Waals surface area contributed by atoms with Crippen molar-refractivity contribution in [3.05, 3.63) is 40.4 Å². The number of hydrazone groups is 1. The van der Waals surface area contributed by atoms with Crippen molar-refractivity contribution in [2.75, 3.05) is 5.01 Å². The predicted molar refractivity (Wildman–Crippen MR) is 57.8 cm³/mol. The molecule has 2 rings (SSSR count). The van der Waals surface area contributed by atoms with E-state index in [1.807, 2.05) is 0 Å². The van der Waals surface area contributed by atoms with Crippen molar-refractivity contribution in [2.45, 2.75) is 13.0 Å². The Kier molecular flexibility index (Phi) is 2.40. The fraction of sp³-hybridized carbons (Fsp3) is 0.200. The summed E-state index contributed by atoms with van der Waals surface area (Å²) in [7, 11) is 0. The van der Waals surface area contributed by atoms with Crippen molar-refractivity contribution in [1.82, 2.24) is 0 Å². The molecule has 0 aliphatic carbocycles. The SMILES string of the molecule is CC1=NN(c2ccccc2)C(=O)C1[N+](=O)[O-]. The van der Waals surface area contributed by atoms with Crippen LogP contribution in [0, 0.1) is 10.1 Å². The monoisotopic (exact) mass is 219 g/mol. The molecule has 1 aromatic carbocycles. The highest BCUT2D eigenvalue weighted by molar-refractivity contribution is 6.16. The van der Waals surface area contributed by atoms with Crippen LogP contribution >= 0.6 is 0 Å². The van der Waals surface area contributed by atoms with Gasteiger partial charge < -0.3 is 0 Å². The molecule has 1 amide bonds. The fourth-order valence-electron chi connectivity index (χ4n) is 1.55. The summed E-state index contributed by atoms with van der Waals surface area (Å²) in [6.45, 7) is 1.48. The molecule has 1 heterocycles. The molecular weight excluding hydrogens is 210 g/mol. The summed E-state index contributed by atoms with van der Waals surface area (Å²) in [4.78, 5) is 21.8. The maximum Gasteiger partial charge on any atom is 0.331 e. The predicted octanol–water partition coefficient (Wildman–Crippen LogP) is 1.05. The van der Waals surface area contributed by atoms with Crippen molar-refractivity contribution in [3.63, 3.8) is 0 Å². The Bertz CT molecular complexity index is 469. The second kappa shape index (κ2) is 3.73. The first-order valence-corrected chi connectivity index (χ1v) is 4.69. The van der Waals surface area contributed by atoms with E-state index >= 15 is 0 Å². The lowest BCUT2D eigenvalue weighted by molar-refractivity contribution is -0.488. The molecule has 0 N–H and O–H groups in total. The van der Waals surface area contributed by atoms with E-state index in [0.717, 1.165) is 5.01 Å². The van der Waals surface area contributed by atoms with E-state index in [-0.39, 0.29) is 5.71 Å². The topological polar surface area (TPSA) is 75.8 Å². The number of nitrogens with zero attached hydrogens (tertiary/aromatic N) is 3. The summed E-state index contributed by atoms with van der Waals surface area (Å²) in [5.41, 5.74) is 0.745. The van der Waals surface area contributed by atoms with Crippen molar-refractivity contribution in [2.24, 2.45) is 5.10 Å². The first kappa shape index (κ1) is 10.3. The number of hydrogen-bond donors (Lipinski definition) is 0. The number of rotatable bonds is 2. The molecule has 0 radical (unpaired) electrons. The van der Waals surface area contributed by atoms with Crippen molar-refractivity contribution in [1.29, 1.82) is 0 Å². The number of benzene rings is 1. The molecule has 0 aromatic heterocycles. The second-order valence-corrected chi connectivity index (χ2v) is 3.41. The zero-order chi connectivity index (χ0) is 11.7. The highest BCUT2D eigenvalue weighted by Gasteiger charge is 2.43. The van der Waals surface area contributed by atoms with E-state index < -0.39 is 16.9 Å². The van der Waals surface area contributed by atoms with Crippen molar-refractivity contribution < 1.29 is 9.72 Å². The Morgan fingerprint density at radius 3 is 2.50 bits per heavy atom. The van der Waals surface area contributed by atoms with Gasteiger partial charge in [-0.05, 0) is 19.1 Å². The standard InChI is InChI=1S/C10H9N3O3/c1-7-9(13(15)16)10(14)12(11-7)8-5-3-2-4-6-8/h2-6,9H,1H3. The molecule has 6 heteroatoms. The molecule has 1 aliphatic rings. The van der Waals surface area contributed by atoms with E-state index in [9.17, 15) is 14.9 Å². The molecule has 1 atom stereocenters. The number of para-hydroxylation sites is 1. The average Bonchev–Trinajstić information content (AvgIpc) is 2.55. The minimum Gasteiger partial charge on any atom is -0.264 e. The largest absolute Gasteiger partial charge is 0.331 e. The van der Waals surface area contributed by atoms with Crippen LogP contribution in [-0.2, 0) is 4.79 Å². The lowest BCUT2D eigenvalue weighted by Gasteiger charge is -2.10. The summed E-state index contributed by atoms with van der Waals surface area (Å²) in [6.07, 6.45) is 0. The minimum absolute atomic E-state index is 0.207. The van der Waals surface area contributed by atoms with Crippen LogP contribution in [0.4, 0.5) is 5.69 Å².